The maximum atomic E-state index is 11.6. The molecule has 1 unspecified atom stereocenters. The van der Waals surface area contributed by atoms with E-state index in [1.165, 1.54) is 11.3 Å². The summed E-state index contributed by atoms with van der Waals surface area (Å²) < 4.78 is 0. The first kappa shape index (κ1) is 12.5. The Morgan fingerprint density at radius 3 is 3.00 bits per heavy atom. The van der Waals surface area contributed by atoms with Crippen LogP contribution in [0.1, 0.15) is 23.0 Å². The molecule has 5 heteroatoms. The van der Waals surface area contributed by atoms with Crippen molar-refractivity contribution >= 4 is 29.9 Å². The Bertz CT molecular complexity index is 325. The summed E-state index contributed by atoms with van der Waals surface area (Å²) in [4.78, 5) is 13.1. The van der Waals surface area contributed by atoms with Gasteiger partial charge in [0.1, 0.15) is 0 Å². The van der Waals surface area contributed by atoms with Gasteiger partial charge in [-0.2, -0.15) is 0 Å². The lowest BCUT2D eigenvalue weighted by molar-refractivity contribution is 0.0949. The highest BCUT2D eigenvalue weighted by Gasteiger charge is 2.09. The highest BCUT2D eigenvalue weighted by molar-refractivity contribution is 7.80. The molecule has 0 saturated carbocycles. The third-order valence-corrected chi connectivity index (χ3v) is 3.40. The fourth-order valence-electron chi connectivity index (χ4n) is 1.12. The van der Waals surface area contributed by atoms with E-state index in [1.54, 1.807) is 6.07 Å². The fraction of sp³-hybridized carbons (Fsp3) is 0.500. The summed E-state index contributed by atoms with van der Waals surface area (Å²) in [6, 6.07) is 1.75. The van der Waals surface area contributed by atoms with E-state index in [0.29, 0.717) is 23.8 Å². The zero-order valence-corrected chi connectivity index (χ0v) is 10.3. The van der Waals surface area contributed by atoms with E-state index < -0.39 is 0 Å². The molecule has 0 spiro atoms. The second-order valence-corrected chi connectivity index (χ2v) is 4.92. The second kappa shape index (κ2) is 6.15. The zero-order valence-electron chi connectivity index (χ0n) is 8.56. The van der Waals surface area contributed by atoms with Gasteiger partial charge in [0, 0.05) is 23.4 Å². The monoisotopic (exact) mass is 245 g/mol. The van der Waals surface area contributed by atoms with Gasteiger partial charge in [-0.05, 0) is 18.4 Å². The molecule has 0 aliphatic rings. The highest BCUT2D eigenvalue weighted by atomic mass is 32.1. The van der Waals surface area contributed by atoms with Crippen molar-refractivity contribution in [2.75, 3.05) is 13.2 Å². The van der Waals surface area contributed by atoms with Crippen molar-refractivity contribution in [2.45, 2.75) is 18.2 Å². The van der Waals surface area contributed by atoms with Crippen molar-refractivity contribution in [3.8, 4) is 0 Å². The highest BCUT2D eigenvalue weighted by Crippen LogP contribution is 2.17. The zero-order chi connectivity index (χ0) is 11.3. The molecule has 1 atom stereocenters. The number of rotatable bonds is 5. The summed E-state index contributed by atoms with van der Waals surface area (Å²) in [6.45, 7) is 2.75. The smallest absolute Gasteiger partial charge is 0.261 e. The molecule has 0 saturated heterocycles. The van der Waals surface area contributed by atoms with Crippen LogP contribution in [0.4, 0.5) is 0 Å². The Morgan fingerprint density at radius 1 is 1.73 bits per heavy atom. The molecule has 3 nitrogen and oxygen atoms in total. The van der Waals surface area contributed by atoms with Gasteiger partial charge in [0.05, 0.1) is 4.88 Å². The molecular formula is C10H15NO2S2. The van der Waals surface area contributed by atoms with Gasteiger partial charge in [-0.15, -0.1) is 24.0 Å². The van der Waals surface area contributed by atoms with Gasteiger partial charge >= 0.3 is 0 Å². The molecule has 1 aromatic rings. The van der Waals surface area contributed by atoms with Crippen molar-refractivity contribution in [3.63, 3.8) is 0 Å². The topological polar surface area (TPSA) is 49.3 Å². The van der Waals surface area contributed by atoms with E-state index in [9.17, 15) is 4.79 Å². The summed E-state index contributed by atoms with van der Waals surface area (Å²) in [7, 11) is 0. The van der Waals surface area contributed by atoms with E-state index in [2.05, 4.69) is 17.9 Å². The first-order chi connectivity index (χ1) is 7.13. The van der Waals surface area contributed by atoms with Crippen molar-refractivity contribution in [1.29, 1.82) is 0 Å². The quantitative estimate of drug-likeness (QED) is 0.693. The maximum absolute atomic E-state index is 11.6. The van der Waals surface area contributed by atoms with Crippen LogP contribution in [0.25, 0.3) is 0 Å². The lowest BCUT2D eigenvalue weighted by Crippen LogP contribution is -2.27. The summed E-state index contributed by atoms with van der Waals surface area (Å²) in [5, 5.41) is 13.4. The van der Waals surface area contributed by atoms with Gasteiger partial charge in [0.25, 0.3) is 5.91 Å². The Hall–Kier alpha value is -0.520. The van der Waals surface area contributed by atoms with Gasteiger partial charge in [-0.3, -0.25) is 4.79 Å². The van der Waals surface area contributed by atoms with Crippen LogP contribution in [-0.2, 0) is 0 Å². The van der Waals surface area contributed by atoms with E-state index in [4.69, 9.17) is 5.11 Å². The Morgan fingerprint density at radius 2 is 2.47 bits per heavy atom. The number of carbonyl (C=O) groups excluding carboxylic acids is 1. The molecule has 1 aromatic heterocycles. The first-order valence-electron chi connectivity index (χ1n) is 4.80. The number of thiol groups is 1. The number of aliphatic hydroxyl groups excluding tert-OH is 1. The van der Waals surface area contributed by atoms with Gasteiger partial charge in [0.2, 0.25) is 0 Å². The van der Waals surface area contributed by atoms with Gasteiger partial charge in [-0.25, -0.2) is 0 Å². The van der Waals surface area contributed by atoms with Crippen LogP contribution < -0.4 is 5.32 Å². The molecule has 84 valence electrons. The van der Waals surface area contributed by atoms with Crippen LogP contribution >= 0.6 is 24.0 Å². The number of thiophene rings is 1. The van der Waals surface area contributed by atoms with Crippen molar-refractivity contribution in [1.82, 2.24) is 5.32 Å². The molecule has 1 rings (SSSR count). The summed E-state index contributed by atoms with van der Waals surface area (Å²) in [5.41, 5.74) is 0. The first-order valence-corrected chi connectivity index (χ1v) is 6.12. The third-order valence-electron chi connectivity index (χ3n) is 2.04. The largest absolute Gasteiger partial charge is 0.396 e. The SMILES string of the molecule is CC(CCO)CNC(=O)c1cc(S)cs1. The summed E-state index contributed by atoms with van der Waals surface area (Å²) >= 11 is 5.52. The fourth-order valence-corrected chi connectivity index (χ4v) is 2.19. The second-order valence-electron chi connectivity index (χ2n) is 3.50. The van der Waals surface area contributed by atoms with Crippen LogP contribution in [0, 0.1) is 5.92 Å². The molecule has 1 heterocycles. The molecule has 0 aromatic carbocycles. The molecule has 1 amide bonds. The van der Waals surface area contributed by atoms with Crippen LogP contribution in [0.5, 0.6) is 0 Å². The van der Waals surface area contributed by atoms with E-state index in [1.807, 2.05) is 12.3 Å². The van der Waals surface area contributed by atoms with Crippen LogP contribution in [-0.4, -0.2) is 24.2 Å². The molecule has 0 fully saturated rings. The number of hydrogen-bond acceptors (Lipinski definition) is 4. The molecule has 0 aliphatic heterocycles. The Kier molecular flexibility index (Phi) is 5.14. The van der Waals surface area contributed by atoms with Gasteiger partial charge in [0.15, 0.2) is 0 Å². The minimum absolute atomic E-state index is 0.0647. The minimum atomic E-state index is -0.0647. The number of carbonyl (C=O) groups is 1. The van der Waals surface area contributed by atoms with Crippen molar-refractivity contribution in [3.05, 3.63) is 16.3 Å². The predicted octanol–water partition coefficient (Wildman–Crippen LogP) is 1.79. The van der Waals surface area contributed by atoms with Crippen LogP contribution in [0.15, 0.2) is 16.3 Å². The average Bonchev–Trinajstić information content (AvgIpc) is 2.62. The number of hydrogen-bond donors (Lipinski definition) is 3. The minimum Gasteiger partial charge on any atom is -0.396 e. The molecule has 0 bridgehead atoms. The molecular weight excluding hydrogens is 230 g/mol. The van der Waals surface area contributed by atoms with Crippen molar-refractivity contribution < 1.29 is 9.90 Å². The van der Waals surface area contributed by atoms with E-state index >= 15 is 0 Å². The standard InChI is InChI=1S/C10H15NO2S2/c1-7(2-3-12)5-11-10(13)9-4-8(14)6-15-9/h4,6-7,12,14H,2-3,5H2,1H3,(H,11,13). The third kappa shape index (κ3) is 4.24. The number of aliphatic hydroxyl groups is 1. The Balaban J connectivity index is 2.36. The average molecular weight is 245 g/mol. The van der Waals surface area contributed by atoms with E-state index in [-0.39, 0.29) is 12.5 Å². The van der Waals surface area contributed by atoms with Gasteiger partial charge in [-0.1, -0.05) is 6.92 Å². The maximum Gasteiger partial charge on any atom is 0.261 e. The van der Waals surface area contributed by atoms with E-state index in [0.717, 1.165) is 4.90 Å². The molecule has 0 aliphatic carbocycles. The summed E-state index contributed by atoms with van der Waals surface area (Å²) in [5.74, 6) is 0.236. The summed E-state index contributed by atoms with van der Waals surface area (Å²) in [6.07, 6.45) is 0.711. The van der Waals surface area contributed by atoms with Crippen molar-refractivity contribution in [2.24, 2.45) is 5.92 Å². The molecule has 0 radical (unpaired) electrons. The number of amides is 1. The predicted molar refractivity (Wildman–Crippen MR) is 64.8 cm³/mol. The van der Waals surface area contributed by atoms with Crippen LogP contribution in [0.3, 0.4) is 0 Å². The lowest BCUT2D eigenvalue weighted by atomic mass is 10.1. The van der Waals surface area contributed by atoms with Gasteiger partial charge < -0.3 is 10.4 Å². The molecule has 15 heavy (non-hydrogen) atoms. The Labute approximate surface area is 98.9 Å². The van der Waals surface area contributed by atoms with Crippen LogP contribution in [0.2, 0.25) is 0 Å². The normalized spacial score (nSPS) is 12.5. The number of nitrogens with one attached hydrogen (secondary N) is 1. The lowest BCUT2D eigenvalue weighted by Gasteiger charge is -2.09. The molecule has 2 N–H and O–H groups in total.